The predicted molar refractivity (Wildman–Crippen MR) is 89.7 cm³/mol. The van der Waals surface area contributed by atoms with Gasteiger partial charge in [0.05, 0.1) is 11.4 Å². The van der Waals surface area contributed by atoms with Crippen molar-refractivity contribution in [3.8, 4) is 22.5 Å². The van der Waals surface area contributed by atoms with Gasteiger partial charge >= 0.3 is 0 Å². The van der Waals surface area contributed by atoms with Gasteiger partial charge < -0.3 is 4.98 Å². The Morgan fingerprint density at radius 3 is 2.09 bits per heavy atom. The van der Waals surface area contributed by atoms with E-state index in [0.29, 0.717) is 12.1 Å². The Morgan fingerprint density at radius 1 is 0.909 bits per heavy atom. The summed E-state index contributed by atoms with van der Waals surface area (Å²) in [6.45, 7) is 2.05. The van der Waals surface area contributed by atoms with Gasteiger partial charge in [-0.3, -0.25) is 4.79 Å². The third kappa shape index (κ3) is 2.84. The molecule has 1 heterocycles. The molecule has 0 radical (unpaired) electrons. The van der Waals surface area contributed by atoms with Crippen LogP contribution in [0.25, 0.3) is 22.5 Å². The maximum Gasteiger partial charge on any atom is 0.270 e. The lowest BCUT2D eigenvalue weighted by atomic mass is 10.0. The van der Waals surface area contributed by atoms with Crippen LogP contribution >= 0.6 is 0 Å². The number of benzene rings is 2. The van der Waals surface area contributed by atoms with Crippen molar-refractivity contribution < 1.29 is 0 Å². The molecule has 1 aromatic heterocycles. The molecule has 3 nitrogen and oxygen atoms in total. The molecule has 0 spiro atoms. The summed E-state index contributed by atoms with van der Waals surface area (Å²) in [6.07, 6.45) is 1.58. The van der Waals surface area contributed by atoms with Crippen molar-refractivity contribution in [3.05, 3.63) is 76.7 Å². The molecule has 1 N–H and O–H groups in total. The molecule has 0 aliphatic rings. The highest BCUT2D eigenvalue weighted by Crippen LogP contribution is 2.27. The summed E-state index contributed by atoms with van der Waals surface area (Å²) in [5, 5.41) is 0. The smallest absolute Gasteiger partial charge is 0.270 e. The second-order valence-electron chi connectivity index (χ2n) is 5.22. The molecule has 0 atom stereocenters. The number of aryl methyl sites for hydroxylation is 1. The zero-order valence-corrected chi connectivity index (χ0v) is 12.5. The van der Waals surface area contributed by atoms with E-state index in [-0.39, 0.29) is 5.56 Å². The summed E-state index contributed by atoms with van der Waals surface area (Å²) >= 11 is 0. The van der Waals surface area contributed by atoms with E-state index in [0.717, 1.165) is 28.9 Å². The normalized spacial score (nSPS) is 10.6. The minimum absolute atomic E-state index is 0.0969. The number of nitrogens with zero attached hydrogens (tertiary/aromatic N) is 1. The topological polar surface area (TPSA) is 45.8 Å². The van der Waals surface area contributed by atoms with Crippen LogP contribution in [0.4, 0.5) is 0 Å². The van der Waals surface area contributed by atoms with Gasteiger partial charge in [0.15, 0.2) is 0 Å². The van der Waals surface area contributed by atoms with Gasteiger partial charge in [-0.05, 0) is 6.42 Å². The molecule has 3 aromatic rings. The van der Waals surface area contributed by atoms with E-state index >= 15 is 0 Å². The van der Waals surface area contributed by atoms with Gasteiger partial charge in [-0.15, -0.1) is 0 Å². The second-order valence-corrected chi connectivity index (χ2v) is 5.22. The summed E-state index contributed by atoms with van der Waals surface area (Å²) in [4.78, 5) is 20.0. The first-order valence-electron chi connectivity index (χ1n) is 7.53. The fourth-order valence-electron chi connectivity index (χ4n) is 2.51. The molecule has 0 saturated carbocycles. The van der Waals surface area contributed by atoms with E-state index in [1.807, 2.05) is 60.7 Å². The lowest BCUT2D eigenvalue weighted by Gasteiger charge is -2.11. The number of rotatable bonds is 4. The molecule has 3 rings (SSSR count). The van der Waals surface area contributed by atoms with Crippen LogP contribution in [-0.2, 0) is 6.42 Å². The van der Waals surface area contributed by atoms with Crippen LogP contribution in [0.5, 0.6) is 0 Å². The van der Waals surface area contributed by atoms with Gasteiger partial charge in [0.2, 0.25) is 0 Å². The van der Waals surface area contributed by atoms with Crippen molar-refractivity contribution in [3.63, 3.8) is 0 Å². The maximum atomic E-state index is 12.3. The average molecular weight is 290 g/mol. The summed E-state index contributed by atoms with van der Waals surface area (Å²) in [6, 6.07) is 19.8. The zero-order valence-electron chi connectivity index (χ0n) is 12.5. The Hall–Kier alpha value is -2.68. The van der Waals surface area contributed by atoms with Crippen molar-refractivity contribution in [2.24, 2.45) is 0 Å². The van der Waals surface area contributed by atoms with Crippen molar-refractivity contribution in [2.75, 3.05) is 0 Å². The van der Waals surface area contributed by atoms with E-state index in [1.54, 1.807) is 0 Å². The fourth-order valence-corrected chi connectivity index (χ4v) is 2.51. The second kappa shape index (κ2) is 6.39. The molecular formula is C19H18N2O. The lowest BCUT2D eigenvalue weighted by Crippen LogP contribution is -2.17. The van der Waals surface area contributed by atoms with Crippen LogP contribution in [0.1, 0.15) is 19.0 Å². The molecule has 110 valence electrons. The molecule has 2 aromatic carbocycles. The number of nitrogens with one attached hydrogen (secondary N) is 1. The number of aromatic nitrogens is 2. The van der Waals surface area contributed by atoms with Gasteiger partial charge in [-0.2, -0.15) is 0 Å². The molecule has 0 amide bonds. The van der Waals surface area contributed by atoms with Crippen molar-refractivity contribution in [2.45, 2.75) is 19.8 Å². The predicted octanol–water partition coefficient (Wildman–Crippen LogP) is 4.06. The Balaban J connectivity index is 2.24. The number of hydrogen-bond acceptors (Lipinski definition) is 2. The number of hydrogen-bond donors (Lipinski definition) is 1. The van der Waals surface area contributed by atoms with Gasteiger partial charge in [-0.25, -0.2) is 4.98 Å². The Labute approximate surface area is 129 Å². The number of H-pyrrole nitrogens is 1. The molecule has 3 heteroatoms. The van der Waals surface area contributed by atoms with E-state index in [4.69, 9.17) is 0 Å². The summed E-state index contributed by atoms with van der Waals surface area (Å²) < 4.78 is 0. The van der Waals surface area contributed by atoms with Crippen molar-refractivity contribution in [1.82, 2.24) is 9.97 Å². The quantitative estimate of drug-likeness (QED) is 0.787. The lowest BCUT2D eigenvalue weighted by molar-refractivity contribution is 0.858. The zero-order chi connectivity index (χ0) is 15.4. The highest BCUT2D eigenvalue weighted by molar-refractivity contribution is 5.77. The van der Waals surface area contributed by atoms with E-state index in [1.165, 1.54) is 0 Å². The van der Waals surface area contributed by atoms with Crippen LogP contribution in [0.3, 0.4) is 0 Å². The number of aromatic amines is 1. The fraction of sp³-hybridized carbons (Fsp3) is 0.158. The van der Waals surface area contributed by atoms with Crippen molar-refractivity contribution in [1.29, 1.82) is 0 Å². The van der Waals surface area contributed by atoms with Crippen LogP contribution in [0, 0.1) is 0 Å². The molecule has 0 saturated heterocycles. The SMILES string of the molecule is CCCc1nc(-c2ccccc2)c(-c2ccccc2)[nH]c1=O. The minimum Gasteiger partial charge on any atom is -0.319 e. The first-order valence-corrected chi connectivity index (χ1v) is 7.53. The van der Waals surface area contributed by atoms with Crippen LogP contribution in [-0.4, -0.2) is 9.97 Å². The summed E-state index contributed by atoms with van der Waals surface area (Å²) in [5.74, 6) is 0. The third-order valence-electron chi connectivity index (χ3n) is 3.58. The molecule has 0 aliphatic carbocycles. The minimum atomic E-state index is -0.0969. The maximum absolute atomic E-state index is 12.3. The van der Waals surface area contributed by atoms with Gasteiger partial charge in [0.1, 0.15) is 5.69 Å². The third-order valence-corrected chi connectivity index (χ3v) is 3.58. The van der Waals surface area contributed by atoms with Crippen LogP contribution in [0.15, 0.2) is 65.5 Å². The van der Waals surface area contributed by atoms with E-state index in [2.05, 4.69) is 16.9 Å². The van der Waals surface area contributed by atoms with E-state index < -0.39 is 0 Å². The Kier molecular flexibility index (Phi) is 4.15. The molecule has 0 unspecified atom stereocenters. The van der Waals surface area contributed by atoms with Gasteiger partial charge in [0, 0.05) is 11.1 Å². The highest BCUT2D eigenvalue weighted by atomic mass is 16.1. The summed E-state index contributed by atoms with van der Waals surface area (Å²) in [5.41, 5.74) is 4.08. The first kappa shape index (κ1) is 14.3. The molecular weight excluding hydrogens is 272 g/mol. The Bertz CT molecular complexity index is 808. The first-order chi connectivity index (χ1) is 10.8. The van der Waals surface area contributed by atoms with E-state index in [9.17, 15) is 4.79 Å². The van der Waals surface area contributed by atoms with Crippen LogP contribution < -0.4 is 5.56 Å². The monoisotopic (exact) mass is 290 g/mol. The standard InChI is InChI=1S/C19H18N2O/c1-2-9-16-19(22)21-18(15-12-7-4-8-13-15)17(20-16)14-10-5-3-6-11-14/h3-8,10-13H,2,9H2,1H3,(H,21,22). The van der Waals surface area contributed by atoms with Gasteiger partial charge in [0.25, 0.3) is 5.56 Å². The molecule has 0 fully saturated rings. The molecule has 22 heavy (non-hydrogen) atoms. The Morgan fingerprint density at radius 2 is 1.50 bits per heavy atom. The van der Waals surface area contributed by atoms with Crippen molar-refractivity contribution >= 4 is 0 Å². The molecule has 0 bridgehead atoms. The molecule has 0 aliphatic heterocycles. The highest BCUT2D eigenvalue weighted by Gasteiger charge is 2.13. The summed E-state index contributed by atoms with van der Waals surface area (Å²) in [7, 11) is 0. The van der Waals surface area contributed by atoms with Gasteiger partial charge in [-0.1, -0.05) is 74.0 Å². The largest absolute Gasteiger partial charge is 0.319 e. The average Bonchev–Trinajstić information content (AvgIpc) is 2.58. The van der Waals surface area contributed by atoms with Crippen LogP contribution in [0.2, 0.25) is 0 Å².